The Morgan fingerprint density at radius 3 is 2.67 bits per heavy atom. The van der Waals surface area contributed by atoms with E-state index >= 15 is 0 Å². The van der Waals surface area contributed by atoms with Crippen LogP contribution in [0.15, 0.2) is 24.3 Å². The summed E-state index contributed by atoms with van der Waals surface area (Å²) in [4.78, 5) is -3.37. The molecule has 0 aliphatic heterocycles. The summed E-state index contributed by atoms with van der Waals surface area (Å²) >= 11 is 2.22. The molecular weight excluding hydrogens is 268 g/mol. The Morgan fingerprint density at radius 2 is 2.07 bits per heavy atom. The first-order chi connectivity index (χ1) is 6.86. The van der Waals surface area contributed by atoms with Crippen molar-refractivity contribution in [2.24, 2.45) is 5.73 Å². The van der Waals surface area contributed by atoms with Crippen LogP contribution in [0, 0.1) is 0 Å². The predicted molar refractivity (Wildman–Crippen MR) is 55.8 cm³/mol. The molecule has 0 heterocycles. The fraction of sp³-hybridized carbons (Fsp3) is 0.400. The number of halogens is 3. The number of aliphatic hydroxyl groups is 1. The maximum Gasteiger partial charge on any atom is 0.333 e. The molecule has 0 fully saturated rings. The molecule has 1 aliphatic carbocycles. The van der Waals surface area contributed by atoms with Crippen LogP contribution in [-0.2, 0) is 5.60 Å². The van der Waals surface area contributed by atoms with Gasteiger partial charge in [0.2, 0.25) is 0 Å². The second kappa shape index (κ2) is 3.23. The molecule has 0 bridgehead atoms. The van der Waals surface area contributed by atoms with Crippen molar-refractivity contribution >= 4 is 15.9 Å². The molecular formula is C10H10BrF2NO. The number of benzene rings is 1. The Bertz CT molecular complexity index is 393. The first-order valence-electron chi connectivity index (χ1n) is 4.50. The van der Waals surface area contributed by atoms with Crippen molar-refractivity contribution in [2.45, 2.75) is 22.9 Å². The molecule has 2 unspecified atom stereocenters. The minimum absolute atomic E-state index is 0.176. The van der Waals surface area contributed by atoms with Crippen LogP contribution in [0.3, 0.4) is 0 Å². The Hall–Kier alpha value is -0.520. The van der Waals surface area contributed by atoms with E-state index in [0.717, 1.165) is 0 Å². The van der Waals surface area contributed by atoms with Gasteiger partial charge < -0.3 is 10.8 Å². The maximum atomic E-state index is 13.3. The van der Waals surface area contributed by atoms with E-state index in [1.165, 1.54) is 6.07 Å². The lowest BCUT2D eigenvalue weighted by molar-refractivity contribution is -0.122. The molecule has 0 amide bonds. The zero-order valence-electron chi connectivity index (χ0n) is 7.75. The average Bonchev–Trinajstić information content (AvgIpc) is 2.41. The molecule has 2 nitrogen and oxygen atoms in total. The number of fused-ring (bicyclic) bond motifs is 1. The Morgan fingerprint density at radius 1 is 1.47 bits per heavy atom. The van der Waals surface area contributed by atoms with Crippen LogP contribution in [0.2, 0.25) is 0 Å². The number of nitrogens with two attached hydrogens (primary N) is 1. The van der Waals surface area contributed by atoms with Crippen LogP contribution < -0.4 is 5.73 Å². The normalized spacial score (nSPS) is 30.3. The first kappa shape index (κ1) is 11.0. The highest BCUT2D eigenvalue weighted by atomic mass is 79.9. The molecule has 3 N–H and O–H groups in total. The van der Waals surface area contributed by atoms with Gasteiger partial charge in [-0.05, 0) is 27.1 Å². The fourth-order valence-electron chi connectivity index (χ4n) is 2.00. The predicted octanol–water partition coefficient (Wildman–Crippen LogP) is 2.27. The number of hydrogen-bond donors (Lipinski definition) is 2. The summed E-state index contributed by atoms with van der Waals surface area (Å²) in [5.41, 5.74) is 4.29. The van der Waals surface area contributed by atoms with Gasteiger partial charge in [0.05, 0.1) is 0 Å². The van der Waals surface area contributed by atoms with E-state index in [0.29, 0.717) is 5.56 Å². The quantitative estimate of drug-likeness (QED) is 0.774. The monoisotopic (exact) mass is 277 g/mol. The van der Waals surface area contributed by atoms with Gasteiger partial charge in [-0.1, -0.05) is 24.3 Å². The lowest BCUT2D eigenvalue weighted by Crippen LogP contribution is -2.39. The topological polar surface area (TPSA) is 46.2 Å². The molecule has 2 atom stereocenters. The smallest absolute Gasteiger partial charge is 0.333 e. The van der Waals surface area contributed by atoms with Gasteiger partial charge in [0, 0.05) is 12.5 Å². The van der Waals surface area contributed by atoms with E-state index in [1.807, 2.05) is 0 Å². The van der Waals surface area contributed by atoms with E-state index in [-0.39, 0.29) is 12.0 Å². The van der Waals surface area contributed by atoms with E-state index in [9.17, 15) is 13.9 Å². The van der Waals surface area contributed by atoms with Gasteiger partial charge in [-0.15, -0.1) is 0 Å². The molecule has 15 heavy (non-hydrogen) atoms. The zero-order chi connectivity index (χ0) is 11.3. The molecule has 0 saturated heterocycles. The Kier molecular flexibility index (Phi) is 2.37. The maximum absolute atomic E-state index is 13.3. The van der Waals surface area contributed by atoms with Gasteiger partial charge in [-0.3, -0.25) is 0 Å². The minimum Gasteiger partial charge on any atom is -0.378 e. The third-order valence-electron chi connectivity index (χ3n) is 2.79. The van der Waals surface area contributed by atoms with Crippen LogP contribution in [0.1, 0.15) is 23.6 Å². The number of hydrogen-bond acceptors (Lipinski definition) is 2. The lowest BCUT2D eigenvalue weighted by atomic mass is 9.97. The molecule has 1 aliphatic rings. The van der Waals surface area contributed by atoms with Crippen LogP contribution >= 0.6 is 15.9 Å². The molecule has 1 aromatic rings. The van der Waals surface area contributed by atoms with E-state index in [4.69, 9.17) is 5.73 Å². The standard InChI is InChI=1S/C10H10BrF2NO/c11-10(12,13)9(15)5-8(14)6-3-1-2-4-7(6)9/h1-4,8,15H,5,14H2. The average molecular weight is 278 g/mol. The summed E-state index contributed by atoms with van der Waals surface area (Å²) < 4.78 is 26.5. The van der Waals surface area contributed by atoms with E-state index in [1.54, 1.807) is 18.2 Å². The summed E-state index contributed by atoms with van der Waals surface area (Å²) in [6, 6.07) is 5.93. The van der Waals surface area contributed by atoms with Gasteiger partial charge in [0.15, 0.2) is 5.60 Å². The molecule has 2 rings (SSSR count). The first-order valence-corrected chi connectivity index (χ1v) is 5.29. The number of rotatable bonds is 1. The van der Waals surface area contributed by atoms with Gasteiger partial charge in [0.25, 0.3) is 0 Å². The highest BCUT2D eigenvalue weighted by Crippen LogP contribution is 2.52. The van der Waals surface area contributed by atoms with Crippen molar-refractivity contribution in [2.75, 3.05) is 0 Å². The van der Waals surface area contributed by atoms with Crippen LogP contribution in [0.5, 0.6) is 0 Å². The molecule has 5 heteroatoms. The minimum atomic E-state index is -3.37. The van der Waals surface area contributed by atoms with Crippen molar-refractivity contribution in [1.82, 2.24) is 0 Å². The van der Waals surface area contributed by atoms with Crippen molar-refractivity contribution in [1.29, 1.82) is 0 Å². The van der Waals surface area contributed by atoms with Gasteiger partial charge in [-0.25, -0.2) is 0 Å². The van der Waals surface area contributed by atoms with Gasteiger partial charge in [0.1, 0.15) is 0 Å². The summed E-state index contributed by atoms with van der Waals surface area (Å²) in [5, 5.41) is 9.97. The summed E-state index contributed by atoms with van der Waals surface area (Å²) in [6.45, 7) is 0. The van der Waals surface area contributed by atoms with Crippen LogP contribution in [0.25, 0.3) is 0 Å². The second-order valence-corrected chi connectivity index (χ2v) is 4.75. The van der Waals surface area contributed by atoms with Crippen LogP contribution in [-0.4, -0.2) is 9.94 Å². The molecule has 82 valence electrons. The summed E-state index contributed by atoms with van der Waals surface area (Å²) in [5.74, 6) is 0. The largest absolute Gasteiger partial charge is 0.378 e. The molecule has 0 saturated carbocycles. The Balaban J connectivity index is 2.58. The van der Waals surface area contributed by atoms with Crippen molar-refractivity contribution < 1.29 is 13.9 Å². The van der Waals surface area contributed by atoms with Crippen molar-refractivity contribution in [3.05, 3.63) is 35.4 Å². The highest BCUT2D eigenvalue weighted by Gasteiger charge is 2.57. The molecule has 0 spiro atoms. The third-order valence-corrected chi connectivity index (χ3v) is 3.45. The fourth-order valence-corrected chi connectivity index (χ4v) is 2.38. The summed E-state index contributed by atoms with van der Waals surface area (Å²) in [7, 11) is 0. The number of alkyl halides is 3. The van der Waals surface area contributed by atoms with Gasteiger partial charge >= 0.3 is 4.83 Å². The molecule has 1 aromatic carbocycles. The van der Waals surface area contributed by atoms with Crippen molar-refractivity contribution in [3.63, 3.8) is 0 Å². The Labute approximate surface area is 94.2 Å². The highest BCUT2D eigenvalue weighted by molar-refractivity contribution is 9.10. The molecule has 0 aromatic heterocycles. The van der Waals surface area contributed by atoms with Crippen LogP contribution in [0.4, 0.5) is 8.78 Å². The molecule has 0 radical (unpaired) electrons. The summed E-state index contributed by atoms with van der Waals surface area (Å²) in [6.07, 6.45) is -0.176. The third kappa shape index (κ3) is 1.49. The van der Waals surface area contributed by atoms with E-state index < -0.39 is 16.5 Å². The van der Waals surface area contributed by atoms with Gasteiger partial charge in [-0.2, -0.15) is 8.78 Å². The zero-order valence-corrected chi connectivity index (χ0v) is 9.34. The SMILES string of the molecule is NC1CC(O)(C(F)(F)Br)c2ccccc21. The van der Waals surface area contributed by atoms with E-state index in [2.05, 4.69) is 15.9 Å². The second-order valence-electron chi connectivity index (χ2n) is 3.76. The lowest BCUT2D eigenvalue weighted by Gasteiger charge is -2.28. The van der Waals surface area contributed by atoms with Crippen molar-refractivity contribution in [3.8, 4) is 0 Å².